The molecule has 0 saturated heterocycles. The third kappa shape index (κ3) is 3.16. The predicted octanol–water partition coefficient (Wildman–Crippen LogP) is 3.99. The molecule has 0 aliphatic carbocycles. The molecular formula is C17H18BrN3O3S2. The van der Waals surface area contributed by atoms with E-state index in [4.69, 9.17) is 4.74 Å². The summed E-state index contributed by atoms with van der Waals surface area (Å²) in [7, 11) is 1.90. The maximum absolute atomic E-state index is 12.3. The van der Waals surface area contributed by atoms with Crippen LogP contribution in [0.1, 0.15) is 20.8 Å². The number of nitrogens with zero attached hydrogens (tertiary/aromatic N) is 3. The lowest BCUT2D eigenvalue weighted by Gasteiger charge is -2.39. The van der Waals surface area contributed by atoms with Crippen molar-refractivity contribution in [2.24, 2.45) is 5.10 Å². The minimum atomic E-state index is -0.777. The molecule has 0 saturated carbocycles. The van der Waals surface area contributed by atoms with Gasteiger partial charge in [0.25, 0.3) is 0 Å². The number of ether oxygens (including phenoxy) is 1. The van der Waals surface area contributed by atoms with E-state index in [0.717, 1.165) is 15.9 Å². The number of benzene rings is 1. The average Bonchev–Trinajstić information content (AvgIpc) is 3.10. The molecule has 0 amide bonds. The van der Waals surface area contributed by atoms with E-state index in [0.29, 0.717) is 4.91 Å². The first-order valence-corrected chi connectivity index (χ1v) is 10.4. The van der Waals surface area contributed by atoms with Gasteiger partial charge >= 0.3 is 5.97 Å². The third-order valence-electron chi connectivity index (χ3n) is 4.02. The number of hydrazone groups is 1. The molecule has 9 heteroatoms. The number of carbonyl (C=O) groups is 2. The van der Waals surface area contributed by atoms with E-state index < -0.39 is 10.3 Å². The van der Waals surface area contributed by atoms with Gasteiger partial charge in [-0.3, -0.25) is 4.79 Å². The zero-order valence-corrected chi connectivity index (χ0v) is 18.0. The Bertz CT molecular complexity index is 825. The molecule has 1 atom stereocenters. The number of hydrogen-bond donors (Lipinski definition) is 0. The summed E-state index contributed by atoms with van der Waals surface area (Å²) in [6.07, 6.45) is 0. The van der Waals surface area contributed by atoms with E-state index in [1.165, 1.54) is 23.5 Å². The zero-order valence-electron chi connectivity index (χ0n) is 14.8. The standard InChI is InChI=1S/C17H18BrN3O3S2/c1-5-24-16(23)15-19-21(13-8-6-12(18)7-9-13)17(26-15)20(4)10(2)14(25-17)11(3)22/h6-9H,5H2,1-4H3. The molecule has 0 bridgehead atoms. The summed E-state index contributed by atoms with van der Waals surface area (Å²) < 4.78 is 5.31. The number of thioether (sulfide) groups is 2. The lowest BCUT2D eigenvalue weighted by atomic mass is 10.3. The van der Waals surface area contributed by atoms with Gasteiger partial charge in [0.1, 0.15) is 0 Å². The molecule has 0 fully saturated rings. The van der Waals surface area contributed by atoms with Crippen molar-refractivity contribution in [1.29, 1.82) is 0 Å². The Morgan fingerprint density at radius 1 is 1.27 bits per heavy atom. The Balaban J connectivity index is 2.05. The van der Waals surface area contributed by atoms with Gasteiger partial charge in [0.15, 0.2) is 5.78 Å². The number of carbonyl (C=O) groups excluding carboxylic acids is 2. The highest BCUT2D eigenvalue weighted by atomic mass is 79.9. The van der Waals surface area contributed by atoms with Gasteiger partial charge in [-0.05, 0) is 56.8 Å². The van der Waals surface area contributed by atoms with Gasteiger partial charge in [-0.2, -0.15) is 5.10 Å². The summed E-state index contributed by atoms with van der Waals surface area (Å²) in [6.45, 7) is 5.50. The van der Waals surface area contributed by atoms with Crippen LogP contribution in [0.25, 0.3) is 0 Å². The van der Waals surface area contributed by atoms with Crippen molar-refractivity contribution < 1.29 is 14.3 Å². The summed E-state index contributed by atoms with van der Waals surface area (Å²) in [5, 5.41) is 6.59. The molecule has 26 heavy (non-hydrogen) atoms. The van der Waals surface area contributed by atoms with E-state index in [-0.39, 0.29) is 17.4 Å². The lowest BCUT2D eigenvalue weighted by molar-refractivity contribution is -0.134. The summed E-state index contributed by atoms with van der Waals surface area (Å²) in [5.41, 5.74) is 1.68. The van der Waals surface area contributed by atoms with Crippen molar-refractivity contribution in [2.75, 3.05) is 18.7 Å². The van der Waals surface area contributed by atoms with Crippen LogP contribution in [-0.2, 0) is 14.3 Å². The fourth-order valence-corrected chi connectivity index (χ4v) is 5.80. The van der Waals surface area contributed by atoms with Gasteiger partial charge in [-0.1, -0.05) is 27.7 Å². The van der Waals surface area contributed by atoms with E-state index in [1.807, 2.05) is 43.1 Å². The molecule has 1 aromatic carbocycles. The quantitative estimate of drug-likeness (QED) is 0.635. The van der Waals surface area contributed by atoms with E-state index in [9.17, 15) is 9.59 Å². The van der Waals surface area contributed by atoms with Crippen LogP contribution in [0.4, 0.5) is 5.69 Å². The molecule has 2 heterocycles. The second-order valence-electron chi connectivity index (χ2n) is 5.70. The monoisotopic (exact) mass is 455 g/mol. The highest BCUT2D eigenvalue weighted by molar-refractivity contribution is 9.10. The number of allylic oxidation sites excluding steroid dienone is 2. The Labute approximate surface area is 169 Å². The Hall–Kier alpha value is -1.45. The van der Waals surface area contributed by atoms with Gasteiger partial charge < -0.3 is 9.64 Å². The topological polar surface area (TPSA) is 62.2 Å². The number of Topliss-reactive ketones (excluding diaryl/α,β-unsaturated/α-hetero) is 1. The SMILES string of the molecule is CCOC(=O)C1=NN(c2ccc(Br)cc2)C2(S1)SC(C(C)=O)=C(C)N2C. The largest absolute Gasteiger partial charge is 0.461 e. The van der Waals surface area contributed by atoms with Crippen molar-refractivity contribution in [3.05, 3.63) is 39.3 Å². The second kappa shape index (κ2) is 7.28. The Morgan fingerprint density at radius 3 is 2.46 bits per heavy atom. The van der Waals surface area contributed by atoms with Gasteiger partial charge in [0.2, 0.25) is 9.37 Å². The first-order valence-electron chi connectivity index (χ1n) is 7.95. The number of hydrogen-bond acceptors (Lipinski definition) is 8. The number of rotatable bonds is 4. The van der Waals surface area contributed by atoms with Crippen molar-refractivity contribution in [3.63, 3.8) is 0 Å². The van der Waals surface area contributed by atoms with Crippen LogP contribution in [-0.4, -0.2) is 39.7 Å². The molecule has 1 unspecified atom stereocenters. The number of ketones is 1. The van der Waals surface area contributed by atoms with Crippen molar-refractivity contribution in [1.82, 2.24) is 4.90 Å². The van der Waals surface area contributed by atoms with Crippen molar-refractivity contribution in [3.8, 4) is 0 Å². The second-order valence-corrected chi connectivity index (χ2v) is 9.21. The van der Waals surface area contributed by atoms with E-state index in [2.05, 4.69) is 21.0 Å². The van der Waals surface area contributed by atoms with Crippen LogP contribution in [0.2, 0.25) is 0 Å². The minimum Gasteiger partial charge on any atom is -0.461 e. The molecule has 1 aromatic rings. The van der Waals surface area contributed by atoms with Gasteiger partial charge in [0, 0.05) is 17.2 Å². The summed E-state index contributed by atoms with van der Waals surface area (Å²) in [4.78, 5) is 27.0. The fraction of sp³-hybridized carbons (Fsp3) is 0.353. The van der Waals surface area contributed by atoms with Crippen LogP contribution in [0.3, 0.4) is 0 Å². The average molecular weight is 456 g/mol. The molecule has 0 N–H and O–H groups in total. The molecule has 2 aliphatic heterocycles. The summed E-state index contributed by atoms with van der Waals surface area (Å²) >= 11 is 6.13. The van der Waals surface area contributed by atoms with Crippen molar-refractivity contribution in [2.45, 2.75) is 25.1 Å². The molecule has 138 valence electrons. The molecule has 0 radical (unpaired) electrons. The fourth-order valence-electron chi connectivity index (χ4n) is 2.66. The summed E-state index contributed by atoms with van der Waals surface area (Å²) in [5.74, 6) is -0.461. The smallest absolute Gasteiger partial charge is 0.365 e. The molecule has 0 aromatic heterocycles. The predicted molar refractivity (Wildman–Crippen MR) is 110 cm³/mol. The number of esters is 1. The zero-order chi connectivity index (χ0) is 19.1. The minimum absolute atomic E-state index is 0.00262. The Morgan fingerprint density at radius 2 is 1.92 bits per heavy atom. The van der Waals surface area contributed by atoms with Crippen LogP contribution in [0.15, 0.2) is 44.4 Å². The van der Waals surface area contributed by atoms with Gasteiger partial charge in [-0.15, -0.1) is 0 Å². The molecule has 2 aliphatic rings. The van der Waals surface area contributed by atoms with Crippen LogP contribution in [0.5, 0.6) is 0 Å². The van der Waals surface area contributed by atoms with Crippen LogP contribution in [0, 0.1) is 0 Å². The highest BCUT2D eigenvalue weighted by Gasteiger charge is 2.56. The summed E-state index contributed by atoms with van der Waals surface area (Å²) in [6, 6.07) is 7.66. The maximum atomic E-state index is 12.3. The van der Waals surface area contributed by atoms with Crippen molar-refractivity contribution >= 4 is 61.9 Å². The van der Waals surface area contributed by atoms with E-state index in [1.54, 1.807) is 18.9 Å². The highest BCUT2D eigenvalue weighted by Crippen LogP contribution is 2.58. The number of anilines is 1. The normalized spacial score (nSPS) is 22.3. The van der Waals surface area contributed by atoms with Crippen LogP contribution < -0.4 is 5.01 Å². The maximum Gasteiger partial charge on any atom is 0.365 e. The molecule has 6 nitrogen and oxygen atoms in total. The third-order valence-corrected chi connectivity index (χ3v) is 7.70. The number of halogens is 1. The lowest BCUT2D eigenvalue weighted by Crippen LogP contribution is -2.47. The first kappa shape index (κ1) is 19.3. The van der Waals surface area contributed by atoms with E-state index >= 15 is 0 Å². The van der Waals surface area contributed by atoms with Crippen LogP contribution >= 0.6 is 39.5 Å². The first-order chi connectivity index (χ1) is 12.3. The molecule has 1 spiro atoms. The molecule has 3 rings (SSSR count). The Kier molecular flexibility index (Phi) is 5.41. The van der Waals surface area contributed by atoms with Gasteiger partial charge in [-0.25, -0.2) is 9.80 Å². The molecular weight excluding hydrogens is 438 g/mol. The van der Waals surface area contributed by atoms with Gasteiger partial charge in [0.05, 0.1) is 17.2 Å².